The first-order valence-corrected chi connectivity index (χ1v) is 20.3. The summed E-state index contributed by atoms with van der Waals surface area (Å²) in [6.45, 7) is 4.25. The van der Waals surface area contributed by atoms with Crippen molar-refractivity contribution < 1.29 is 28.6 Å². The van der Waals surface area contributed by atoms with Crippen LogP contribution in [0.1, 0.15) is 148 Å². The Bertz CT molecular complexity index is 1020. The van der Waals surface area contributed by atoms with Gasteiger partial charge in [-0.05, 0) is 127 Å². The maximum atomic E-state index is 13.1. The molecule has 5 fully saturated rings. The molecule has 0 N–H and O–H groups in total. The summed E-state index contributed by atoms with van der Waals surface area (Å²) in [7, 11) is 2.03. The summed E-state index contributed by atoms with van der Waals surface area (Å²) in [6.07, 6.45) is 33.3. The van der Waals surface area contributed by atoms with Gasteiger partial charge in [0.2, 0.25) is 0 Å². The number of piperidine rings is 1. The van der Waals surface area contributed by atoms with Crippen LogP contribution in [-0.4, -0.2) is 62.8 Å². The lowest BCUT2D eigenvalue weighted by molar-refractivity contribution is -0.159. The highest BCUT2D eigenvalue weighted by Crippen LogP contribution is 2.61. The van der Waals surface area contributed by atoms with Crippen LogP contribution in [0, 0.1) is 35.0 Å². The Morgan fingerprint density at radius 3 is 1.94 bits per heavy atom. The van der Waals surface area contributed by atoms with E-state index in [0.717, 1.165) is 88.5 Å². The van der Waals surface area contributed by atoms with Crippen LogP contribution >= 0.6 is 0 Å². The Morgan fingerprint density at radius 1 is 0.735 bits per heavy atom. The highest BCUT2D eigenvalue weighted by molar-refractivity contribution is 5.73. The number of allylic oxidation sites excluding steroid dienone is 4. The minimum Gasteiger partial charge on any atom is -0.465 e. The highest BCUT2D eigenvalue weighted by Gasteiger charge is 2.51. The van der Waals surface area contributed by atoms with Gasteiger partial charge in [-0.3, -0.25) is 14.4 Å². The average Bonchev–Trinajstić information content (AvgIpc) is 3.06. The number of likely N-dealkylation sites (tertiary alicyclic amines) is 1. The number of esters is 3. The van der Waals surface area contributed by atoms with Gasteiger partial charge >= 0.3 is 17.9 Å². The van der Waals surface area contributed by atoms with E-state index >= 15 is 0 Å². The molecule has 1 saturated heterocycles. The zero-order valence-corrected chi connectivity index (χ0v) is 31.2. The summed E-state index contributed by atoms with van der Waals surface area (Å²) in [6, 6.07) is 0. The Labute approximate surface area is 298 Å². The van der Waals surface area contributed by atoms with Gasteiger partial charge in [0, 0.05) is 13.0 Å². The maximum absolute atomic E-state index is 13.1. The lowest BCUT2D eigenvalue weighted by atomic mass is 9.49. The van der Waals surface area contributed by atoms with Crippen molar-refractivity contribution in [3.05, 3.63) is 24.3 Å². The van der Waals surface area contributed by atoms with Crippen molar-refractivity contribution in [1.29, 1.82) is 0 Å². The summed E-state index contributed by atoms with van der Waals surface area (Å²) in [5, 5.41) is 0. The molecule has 49 heavy (non-hydrogen) atoms. The predicted molar refractivity (Wildman–Crippen MR) is 196 cm³/mol. The summed E-state index contributed by atoms with van der Waals surface area (Å²) >= 11 is 0. The van der Waals surface area contributed by atoms with Gasteiger partial charge in [0.05, 0.1) is 18.3 Å². The predicted octanol–water partition coefficient (Wildman–Crippen LogP) is 9.38. The van der Waals surface area contributed by atoms with Crippen LogP contribution in [0.2, 0.25) is 0 Å². The van der Waals surface area contributed by atoms with Gasteiger partial charge in [0.25, 0.3) is 0 Å². The van der Waals surface area contributed by atoms with E-state index < -0.39 is 0 Å². The topological polar surface area (TPSA) is 82.1 Å². The van der Waals surface area contributed by atoms with Crippen LogP contribution < -0.4 is 0 Å². The number of hydrogen-bond acceptors (Lipinski definition) is 7. The number of nitrogens with zero attached hydrogens (tertiary/aromatic N) is 1. The average molecular weight is 684 g/mol. The normalized spacial score (nSPS) is 27.1. The molecular formula is C42H69NO6. The summed E-state index contributed by atoms with van der Waals surface area (Å²) in [4.78, 5) is 40.7. The van der Waals surface area contributed by atoms with E-state index in [1.54, 1.807) is 0 Å². The summed E-state index contributed by atoms with van der Waals surface area (Å²) in [5.41, 5.74) is 0.120. The molecule has 7 heteroatoms. The second-order valence-corrected chi connectivity index (χ2v) is 16.4. The van der Waals surface area contributed by atoms with E-state index in [2.05, 4.69) is 36.1 Å². The number of unbranched alkanes of at least 4 members (excludes halogenated alkanes) is 9. The number of rotatable bonds is 24. The minimum absolute atomic E-state index is 0.0991. The van der Waals surface area contributed by atoms with Crippen LogP contribution in [0.5, 0.6) is 0 Å². The van der Waals surface area contributed by atoms with Gasteiger partial charge in [0.15, 0.2) is 0 Å². The minimum atomic E-state index is -0.356. The van der Waals surface area contributed by atoms with E-state index in [1.165, 1.54) is 64.2 Å². The Hall–Kier alpha value is -2.15. The monoisotopic (exact) mass is 684 g/mol. The Balaban J connectivity index is 1.09. The van der Waals surface area contributed by atoms with E-state index in [9.17, 15) is 14.4 Å². The lowest BCUT2D eigenvalue weighted by Crippen LogP contribution is -2.47. The van der Waals surface area contributed by atoms with Gasteiger partial charge in [0.1, 0.15) is 19.8 Å². The van der Waals surface area contributed by atoms with Gasteiger partial charge in [-0.15, -0.1) is 0 Å². The number of carbonyl (C=O) groups excluding carboxylic acids is 3. The van der Waals surface area contributed by atoms with E-state index in [-0.39, 0.29) is 55.0 Å². The molecule has 0 aromatic rings. The molecule has 0 spiro atoms. The molecule has 1 heterocycles. The van der Waals surface area contributed by atoms with E-state index in [4.69, 9.17) is 14.2 Å². The molecular weight excluding hydrogens is 614 g/mol. The molecule has 0 aromatic carbocycles. The van der Waals surface area contributed by atoms with Crippen LogP contribution in [0.4, 0.5) is 0 Å². The fraction of sp³-hybridized carbons (Fsp3) is 0.833. The zero-order valence-electron chi connectivity index (χ0n) is 31.2. The van der Waals surface area contributed by atoms with Crippen LogP contribution in [-0.2, 0) is 28.6 Å². The fourth-order valence-corrected chi connectivity index (χ4v) is 9.44. The molecule has 0 radical (unpaired) electrons. The molecule has 0 aromatic heterocycles. The largest absolute Gasteiger partial charge is 0.465 e. The van der Waals surface area contributed by atoms with Crippen molar-refractivity contribution >= 4 is 17.9 Å². The van der Waals surface area contributed by atoms with Gasteiger partial charge in [-0.25, -0.2) is 0 Å². The molecule has 2 atom stereocenters. The highest BCUT2D eigenvalue weighted by atomic mass is 16.6. The van der Waals surface area contributed by atoms with Gasteiger partial charge in [-0.2, -0.15) is 0 Å². The SMILES string of the molecule is CCCCC/C=C\C/C=C\CCCCCCCCC(=O)OCC(COC(=O)CC12CC3CC(CC(C3)C1)C2)COC(=O)C1CCCN(C)C1. The number of hydrogen-bond donors (Lipinski definition) is 0. The quantitative estimate of drug-likeness (QED) is 0.0434. The number of ether oxygens (including phenoxy) is 3. The maximum Gasteiger partial charge on any atom is 0.310 e. The van der Waals surface area contributed by atoms with E-state index in [0.29, 0.717) is 19.4 Å². The van der Waals surface area contributed by atoms with E-state index in [1.807, 2.05) is 7.05 Å². The standard InChI is InChI=1S/C42H69NO6/c1-3-4-5-6-7-8-9-10-11-12-13-14-15-16-17-18-21-39(44)47-31-37(33-49-41(46)38-20-19-22-43(2)30-38)32-48-40(45)29-42-26-34-23-35(27-42)25-36(24-34)28-42/h7-8,10-11,34-38H,3-6,9,12-33H2,1-2H3/b8-7-,11-10-. The molecule has 0 amide bonds. The molecule has 1 aliphatic heterocycles. The van der Waals surface area contributed by atoms with Gasteiger partial charge in [-0.1, -0.05) is 69.8 Å². The molecule has 5 rings (SSSR count). The molecule has 4 saturated carbocycles. The van der Waals surface area contributed by atoms with Crippen LogP contribution in [0.3, 0.4) is 0 Å². The van der Waals surface area contributed by atoms with Gasteiger partial charge < -0.3 is 19.1 Å². The van der Waals surface area contributed by atoms with Crippen molar-refractivity contribution in [2.45, 2.75) is 148 Å². The third-order valence-corrected chi connectivity index (χ3v) is 11.6. The molecule has 4 aliphatic carbocycles. The number of carbonyl (C=O) groups is 3. The van der Waals surface area contributed by atoms with Crippen LogP contribution in [0.25, 0.3) is 0 Å². The molecule has 2 unspecified atom stereocenters. The Morgan fingerprint density at radius 2 is 1.31 bits per heavy atom. The Kier molecular flexibility index (Phi) is 17.7. The smallest absolute Gasteiger partial charge is 0.310 e. The van der Waals surface area contributed by atoms with Crippen molar-refractivity contribution in [3.63, 3.8) is 0 Å². The summed E-state index contributed by atoms with van der Waals surface area (Å²) < 4.78 is 17.2. The zero-order chi connectivity index (χ0) is 34.7. The second kappa shape index (κ2) is 21.9. The van der Waals surface area contributed by atoms with Crippen molar-refractivity contribution in [1.82, 2.24) is 4.90 Å². The molecule has 4 bridgehead atoms. The third-order valence-electron chi connectivity index (χ3n) is 11.6. The second-order valence-electron chi connectivity index (χ2n) is 16.4. The first-order chi connectivity index (χ1) is 23.8. The van der Waals surface area contributed by atoms with Crippen molar-refractivity contribution in [3.8, 4) is 0 Å². The molecule has 278 valence electrons. The summed E-state index contributed by atoms with van der Waals surface area (Å²) in [5.74, 6) is 1.28. The van der Waals surface area contributed by atoms with Crippen molar-refractivity contribution in [2.75, 3.05) is 40.0 Å². The first kappa shape index (κ1) is 39.6. The van der Waals surface area contributed by atoms with Crippen molar-refractivity contribution in [2.24, 2.45) is 35.0 Å². The molecule has 5 aliphatic rings. The fourth-order valence-electron chi connectivity index (χ4n) is 9.44. The third kappa shape index (κ3) is 14.9. The van der Waals surface area contributed by atoms with Crippen LogP contribution in [0.15, 0.2) is 24.3 Å². The first-order valence-electron chi connectivity index (χ1n) is 20.3. The molecule has 7 nitrogen and oxygen atoms in total. The lowest BCUT2D eigenvalue weighted by Gasteiger charge is -2.56.